The van der Waals surface area contributed by atoms with Gasteiger partial charge in [0.15, 0.2) is 0 Å². The van der Waals surface area contributed by atoms with Crippen LogP contribution in [0.15, 0.2) is 54.1 Å². The van der Waals surface area contributed by atoms with E-state index in [1.807, 2.05) is 24.3 Å². The summed E-state index contributed by atoms with van der Waals surface area (Å²) in [5.41, 5.74) is 5.94. The lowest BCUT2D eigenvalue weighted by molar-refractivity contribution is 0.473. The van der Waals surface area contributed by atoms with Crippen LogP contribution in [0.2, 0.25) is 0 Å². The molecule has 0 saturated carbocycles. The third kappa shape index (κ3) is 1.47. The van der Waals surface area contributed by atoms with Crippen molar-refractivity contribution in [1.29, 1.82) is 0 Å². The third-order valence-corrected chi connectivity index (χ3v) is 3.90. The molecule has 0 aromatic heterocycles. The van der Waals surface area contributed by atoms with Crippen LogP contribution in [0, 0.1) is 0 Å². The zero-order chi connectivity index (χ0) is 12.7. The lowest BCUT2D eigenvalue weighted by atomic mass is 9.97. The fourth-order valence-corrected chi connectivity index (χ4v) is 2.81. The molecule has 0 aliphatic heterocycles. The highest BCUT2D eigenvalue weighted by molar-refractivity contribution is 5.90. The number of benzene rings is 2. The molecule has 3 rings (SSSR count). The molecule has 1 aliphatic rings. The Bertz CT molecular complexity index is 623. The van der Waals surface area contributed by atoms with E-state index in [4.69, 9.17) is 0 Å². The largest absolute Gasteiger partial charge is 0.507 e. The summed E-state index contributed by atoms with van der Waals surface area (Å²) >= 11 is 0. The molecular weight excluding hydrogens is 220 g/mol. The monoisotopic (exact) mass is 236 g/mol. The summed E-state index contributed by atoms with van der Waals surface area (Å²) in [6, 6.07) is 16.1. The Balaban J connectivity index is 2.28. The quantitative estimate of drug-likeness (QED) is 0.781. The standard InChI is InChI=1S/C17H16O/c1-11-12(2)16(13-7-4-3-5-8-13)17-14(11)9-6-10-15(17)18/h3-11,18H,1-2H3. The maximum atomic E-state index is 10.2. The molecular formula is C17H16O. The topological polar surface area (TPSA) is 20.2 Å². The van der Waals surface area contributed by atoms with Crippen molar-refractivity contribution in [2.45, 2.75) is 19.8 Å². The lowest BCUT2D eigenvalue weighted by Gasteiger charge is -2.09. The number of aromatic hydroxyl groups is 1. The van der Waals surface area contributed by atoms with Gasteiger partial charge >= 0.3 is 0 Å². The van der Waals surface area contributed by atoms with Crippen LogP contribution < -0.4 is 0 Å². The molecule has 0 amide bonds. The van der Waals surface area contributed by atoms with E-state index in [1.54, 1.807) is 6.07 Å². The maximum Gasteiger partial charge on any atom is 0.123 e. The number of allylic oxidation sites excluding steroid dienone is 1. The highest BCUT2D eigenvalue weighted by Gasteiger charge is 2.28. The summed E-state index contributed by atoms with van der Waals surface area (Å²) in [5.74, 6) is 0.761. The zero-order valence-corrected chi connectivity index (χ0v) is 10.6. The van der Waals surface area contributed by atoms with E-state index in [-0.39, 0.29) is 0 Å². The summed E-state index contributed by atoms with van der Waals surface area (Å²) in [6.45, 7) is 4.36. The van der Waals surface area contributed by atoms with Crippen molar-refractivity contribution in [3.8, 4) is 5.75 Å². The minimum absolute atomic E-state index is 0.377. The Hall–Kier alpha value is -2.02. The van der Waals surface area contributed by atoms with Crippen LogP contribution >= 0.6 is 0 Å². The molecule has 1 heteroatoms. The molecule has 2 aromatic rings. The average molecular weight is 236 g/mol. The van der Waals surface area contributed by atoms with Crippen molar-refractivity contribution < 1.29 is 5.11 Å². The van der Waals surface area contributed by atoms with Gasteiger partial charge in [0, 0.05) is 11.5 Å². The molecule has 0 spiro atoms. The van der Waals surface area contributed by atoms with Gasteiger partial charge in [-0.15, -0.1) is 0 Å². The van der Waals surface area contributed by atoms with E-state index >= 15 is 0 Å². The van der Waals surface area contributed by atoms with Gasteiger partial charge in [-0.2, -0.15) is 0 Å². The Morgan fingerprint density at radius 2 is 1.67 bits per heavy atom. The number of phenolic OH excluding ortho intramolecular Hbond substituents is 1. The van der Waals surface area contributed by atoms with Gasteiger partial charge in [-0.1, -0.05) is 55.0 Å². The van der Waals surface area contributed by atoms with Crippen molar-refractivity contribution in [1.82, 2.24) is 0 Å². The maximum absolute atomic E-state index is 10.2. The van der Waals surface area contributed by atoms with Crippen LogP contribution in [0.5, 0.6) is 5.75 Å². The highest BCUT2D eigenvalue weighted by Crippen LogP contribution is 2.47. The second-order valence-corrected chi connectivity index (χ2v) is 4.89. The first-order valence-corrected chi connectivity index (χ1v) is 6.28. The molecule has 90 valence electrons. The smallest absolute Gasteiger partial charge is 0.123 e. The van der Waals surface area contributed by atoms with E-state index in [2.05, 4.69) is 32.0 Å². The highest BCUT2D eigenvalue weighted by atomic mass is 16.3. The van der Waals surface area contributed by atoms with Crippen molar-refractivity contribution >= 4 is 5.57 Å². The normalized spacial score (nSPS) is 18.0. The van der Waals surface area contributed by atoms with Crippen molar-refractivity contribution in [2.24, 2.45) is 0 Å². The van der Waals surface area contributed by atoms with Gasteiger partial charge in [0.2, 0.25) is 0 Å². The van der Waals surface area contributed by atoms with Crippen molar-refractivity contribution in [3.63, 3.8) is 0 Å². The number of hydrogen-bond acceptors (Lipinski definition) is 1. The number of phenols is 1. The molecule has 1 nitrogen and oxygen atoms in total. The minimum Gasteiger partial charge on any atom is -0.507 e. The predicted molar refractivity (Wildman–Crippen MR) is 74.7 cm³/mol. The van der Waals surface area contributed by atoms with Crippen LogP contribution in [0.3, 0.4) is 0 Å². The fourth-order valence-electron chi connectivity index (χ4n) is 2.81. The summed E-state index contributed by atoms with van der Waals surface area (Å²) in [6.07, 6.45) is 0. The molecule has 0 saturated heterocycles. The van der Waals surface area contributed by atoms with Gasteiger partial charge in [-0.3, -0.25) is 0 Å². The Labute approximate surface area is 107 Å². The summed E-state index contributed by atoms with van der Waals surface area (Å²) < 4.78 is 0. The molecule has 1 atom stereocenters. The summed E-state index contributed by atoms with van der Waals surface area (Å²) in [7, 11) is 0. The van der Waals surface area contributed by atoms with Crippen molar-refractivity contribution in [2.75, 3.05) is 0 Å². The lowest BCUT2D eigenvalue weighted by Crippen LogP contribution is -1.89. The second-order valence-electron chi connectivity index (χ2n) is 4.89. The van der Waals surface area contributed by atoms with Crippen LogP contribution in [0.25, 0.3) is 5.57 Å². The Morgan fingerprint density at radius 1 is 0.944 bits per heavy atom. The van der Waals surface area contributed by atoms with Gasteiger partial charge in [0.25, 0.3) is 0 Å². The van der Waals surface area contributed by atoms with Gasteiger partial charge in [-0.25, -0.2) is 0 Å². The third-order valence-electron chi connectivity index (χ3n) is 3.90. The van der Waals surface area contributed by atoms with Crippen molar-refractivity contribution in [3.05, 3.63) is 70.8 Å². The first kappa shape index (κ1) is 11.1. The van der Waals surface area contributed by atoms with E-state index in [0.717, 1.165) is 5.56 Å². The fraction of sp³-hybridized carbons (Fsp3) is 0.176. The van der Waals surface area contributed by atoms with Gasteiger partial charge < -0.3 is 5.11 Å². The minimum atomic E-state index is 0.377. The summed E-state index contributed by atoms with van der Waals surface area (Å²) in [5, 5.41) is 10.2. The molecule has 0 radical (unpaired) electrons. The molecule has 0 bridgehead atoms. The van der Waals surface area contributed by atoms with Gasteiger partial charge in [-0.05, 0) is 29.7 Å². The number of hydrogen-bond donors (Lipinski definition) is 1. The number of rotatable bonds is 1. The molecule has 18 heavy (non-hydrogen) atoms. The van der Waals surface area contributed by atoms with E-state index in [1.165, 1.54) is 22.3 Å². The SMILES string of the molecule is CC1=C(c2ccccc2)c2c(O)cccc2C1C. The van der Waals surface area contributed by atoms with E-state index in [0.29, 0.717) is 11.7 Å². The number of fused-ring (bicyclic) bond motifs is 1. The first-order valence-electron chi connectivity index (χ1n) is 6.28. The van der Waals surface area contributed by atoms with Crippen LogP contribution in [0.1, 0.15) is 36.5 Å². The van der Waals surface area contributed by atoms with Gasteiger partial charge in [0.1, 0.15) is 5.75 Å². The molecule has 0 fully saturated rings. The second kappa shape index (κ2) is 4.02. The van der Waals surface area contributed by atoms with E-state index < -0.39 is 0 Å². The molecule has 2 aromatic carbocycles. The van der Waals surface area contributed by atoms with Crippen LogP contribution in [-0.4, -0.2) is 5.11 Å². The van der Waals surface area contributed by atoms with Gasteiger partial charge in [0.05, 0.1) is 0 Å². The Kier molecular flexibility index (Phi) is 2.48. The molecule has 0 heterocycles. The predicted octanol–water partition coefficient (Wildman–Crippen LogP) is 4.33. The molecule has 1 N–H and O–H groups in total. The van der Waals surface area contributed by atoms with Crippen LogP contribution in [-0.2, 0) is 0 Å². The molecule has 1 unspecified atom stereocenters. The molecule has 1 aliphatic carbocycles. The zero-order valence-electron chi connectivity index (χ0n) is 10.6. The van der Waals surface area contributed by atoms with Crippen LogP contribution in [0.4, 0.5) is 0 Å². The van der Waals surface area contributed by atoms with E-state index in [9.17, 15) is 5.11 Å². The average Bonchev–Trinajstić information content (AvgIpc) is 2.65. The summed E-state index contributed by atoms with van der Waals surface area (Å²) in [4.78, 5) is 0. The first-order chi connectivity index (χ1) is 8.70. The Morgan fingerprint density at radius 3 is 2.39 bits per heavy atom.